The normalized spacial score (nSPS) is 18.2. The summed E-state index contributed by atoms with van der Waals surface area (Å²) in [5.74, 6) is 5.11. The molecule has 0 aliphatic heterocycles. The van der Waals surface area contributed by atoms with Crippen molar-refractivity contribution >= 4 is 17.8 Å². The van der Waals surface area contributed by atoms with Gasteiger partial charge in [0.2, 0.25) is 5.91 Å². The topological polar surface area (TPSA) is 67.5 Å². The van der Waals surface area contributed by atoms with Crippen LogP contribution in [0.3, 0.4) is 0 Å². The number of nitrogens with two attached hydrogens (primary N) is 1. The Hall–Kier alpha value is -3.47. The van der Waals surface area contributed by atoms with E-state index in [0.29, 0.717) is 11.3 Å². The monoisotopic (exact) mass is 373 g/mol. The Morgan fingerprint density at radius 2 is 1.86 bits per heavy atom. The molecule has 0 bridgehead atoms. The van der Waals surface area contributed by atoms with E-state index in [-0.39, 0.29) is 23.6 Å². The molecular formula is C23H20FN3O. The molecule has 5 heteroatoms. The first-order chi connectivity index (χ1) is 13.7. The molecule has 140 valence electrons. The fourth-order valence-electron chi connectivity index (χ4n) is 3.47. The summed E-state index contributed by atoms with van der Waals surface area (Å²) in [6, 6.07) is 21.8. The second-order valence-corrected chi connectivity index (χ2v) is 6.94. The quantitative estimate of drug-likeness (QED) is 0.392. The first-order valence-electron chi connectivity index (χ1n) is 9.15. The van der Waals surface area contributed by atoms with Crippen LogP contribution in [0.4, 0.5) is 10.1 Å². The third kappa shape index (κ3) is 3.78. The van der Waals surface area contributed by atoms with Gasteiger partial charge in [0.15, 0.2) is 0 Å². The van der Waals surface area contributed by atoms with Crippen LogP contribution in [0.15, 0.2) is 77.9 Å². The van der Waals surface area contributed by atoms with Gasteiger partial charge in [0.1, 0.15) is 5.82 Å². The highest BCUT2D eigenvalue weighted by atomic mass is 19.1. The molecule has 1 saturated carbocycles. The molecule has 0 unspecified atom stereocenters. The highest BCUT2D eigenvalue weighted by molar-refractivity contribution is 5.95. The maximum atomic E-state index is 13.9. The Morgan fingerprint density at radius 3 is 2.61 bits per heavy atom. The summed E-state index contributed by atoms with van der Waals surface area (Å²) >= 11 is 0. The van der Waals surface area contributed by atoms with Gasteiger partial charge in [-0.15, -0.1) is 0 Å². The minimum absolute atomic E-state index is 0.00142. The summed E-state index contributed by atoms with van der Waals surface area (Å²) in [4.78, 5) is 12.6. The fourth-order valence-corrected chi connectivity index (χ4v) is 3.47. The second-order valence-electron chi connectivity index (χ2n) is 6.94. The van der Waals surface area contributed by atoms with Crippen molar-refractivity contribution in [3.05, 3.63) is 89.7 Å². The predicted octanol–water partition coefficient (Wildman–Crippen LogP) is 4.53. The van der Waals surface area contributed by atoms with Gasteiger partial charge in [0.25, 0.3) is 0 Å². The van der Waals surface area contributed by atoms with Crippen molar-refractivity contribution in [2.75, 3.05) is 5.32 Å². The number of hydrogen-bond donors (Lipinski definition) is 2. The van der Waals surface area contributed by atoms with Crippen molar-refractivity contribution in [2.24, 2.45) is 16.9 Å². The van der Waals surface area contributed by atoms with Crippen LogP contribution < -0.4 is 11.2 Å². The van der Waals surface area contributed by atoms with E-state index in [9.17, 15) is 9.18 Å². The Labute approximate surface area is 162 Å². The number of rotatable bonds is 5. The largest absolute Gasteiger partial charge is 0.326 e. The fraction of sp³-hybridized carbons (Fsp3) is 0.130. The van der Waals surface area contributed by atoms with Crippen LogP contribution in [0.1, 0.15) is 23.5 Å². The van der Waals surface area contributed by atoms with Crippen LogP contribution in [-0.2, 0) is 4.79 Å². The zero-order valence-electron chi connectivity index (χ0n) is 15.2. The van der Waals surface area contributed by atoms with Crippen LogP contribution in [0, 0.1) is 11.7 Å². The second kappa shape index (κ2) is 7.64. The first kappa shape index (κ1) is 17.9. The van der Waals surface area contributed by atoms with Gasteiger partial charge in [-0.1, -0.05) is 48.5 Å². The number of anilines is 1. The Morgan fingerprint density at radius 1 is 1.07 bits per heavy atom. The van der Waals surface area contributed by atoms with Crippen LogP contribution in [0.25, 0.3) is 11.1 Å². The number of nitrogens with zero attached hydrogens (tertiary/aromatic N) is 1. The van der Waals surface area contributed by atoms with Crippen molar-refractivity contribution < 1.29 is 9.18 Å². The van der Waals surface area contributed by atoms with Gasteiger partial charge >= 0.3 is 0 Å². The van der Waals surface area contributed by atoms with E-state index < -0.39 is 0 Å². The third-order valence-electron chi connectivity index (χ3n) is 5.03. The number of amides is 1. The van der Waals surface area contributed by atoms with Crippen molar-refractivity contribution in [1.29, 1.82) is 0 Å². The van der Waals surface area contributed by atoms with Gasteiger partial charge in [0, 0.05) is 17.2 Å². The van der Waals surface area contributed by atoms with Gasteiger partial charge in [0.05, 0.1) is 6.21 Å². The molecule has 0 radical (unpaired) electrons. The number of halogens is 1. The van der Waals surface area contributed by atoms with Crippen LogP contribution in [0.5, 0.6) is 0 Å². The number of nitrogens with one attached hydrogen (secondary N) is 1. The summed E-state index contributed by atoms with van der Waals surface area (Å²) in [6.07, 6.45) is 2.42. The molecule has 3 N–H and O–H groups in total. The van der Waals surface area contributed by atoms with E-state index in [2.05, 4.69) is 10.4 Å². The summed E-state index contributed by atoms with van der Waals surface area (Å²) in [7, 11) is 0. The van der Waals surface area contributed by atoms with E-state index in [1.807, 2.05) is 36.4 Å². The van der Waals surface area contributed by atoms with Gasteiger partial charge in [-0.25, -0.2) is 4.39 Å². The van der Waals surface area contributed by atoms with Crippen LogP contribution >= 0.6 is 0 Å². The summed E-state index contributed by atoms with van der Waals surface area (Å²) in [5.41, 5.74) is 4.07. The summed E-state index contributed by atoms with van der Waals surface area (Å²) in [6.45, 7) is 0. The molecular weight excluding hydrogens is 353 g/mol. The molecule has 1 amide bonds. The zero-order chi connectivity index (χ0) is 19.5. The smallest absolute Gasteiger partial charge is 0.228 e. The summed E-state index contributed by atoms with van der Waals surface area (Å²) < 4.78 is 13.9. The molecule has 3 aromatic rings. The molecule has 1 aliphatic carbocycles. The van der Waals surface area contributed by atoms with E-state index in [1.165, 1.54) is 6.07 Å². The lowest BCUT2D eigenvalue weighted by molar-refractivity contribution is -0.117. The number of benzene rings is 3. The Balaban J connectivity index is 1.41. The SMILES string of the molecule is NN=Cc1cccc([C@H]2C[C@H]2C(=O)Nc2ccc(-c3ccccc3F)cc2)c1. The molecule has 0 heterocycles. The zero-order valence-corrected chi connectivity index (χ0v) is 15.2. The van der Waals surface area contributed by atoms with Crippen molar-refractivity contribution in [3.63, 3.8) is 0 Å². The number of carbonyl (C=O) groups is 1. The first-order valence-corrected chi connectivity index (χ1v) is 9.15. The number of hydrogen-bond acceptors (Lipinski definition) is 3. The van der Waals surface area contributed by atoms with Gasteiger partial charge in [-0.3, -0.25) is 4.79 Å². The van der Waals surface area contributed by atoms with Gasteiger partial charge in [-0.2, -0.15) is 5.10 Å². The maximum Gasteiger partial charge on any atom is 0.228 e. The lowest BCUT2D eigenvalue weighted by atomic mass is 10.0. The Kier molecular flexibility index (Phi) is 4.89. The van der Waals surface area contributed by atoms with E-state index in [4.69, 9.17) is 5.84 Å². The van der Waals surface area contributed by atoms with Crippen molar-refractivity contribution in [2.45, 2.75) is 12.3 Å². The molecule has 4 nitrogen and oxygen atoms in total. The molecule has 0 spiro atoms. The minimum atomic E-state index is -0.262. The van der Waals surface area contributed by atoms with Crippen LogP contribution in [-0.4, -0.2) is 12.1 Å². The van der Waals surface area contributed by atoms with Gasteiger partial charge < -0.3 is 11.2 Å². The predicted molar refractivity (Wildman–Crippen MR) is 110 cm³/mol. The summed E-state index contributed by atoms with van der Waals surface area (Å²) in [5, 5.41) is 6.50. The molecule has 3 aromatic carbocycles. The van der Waals surface area contributed by atoms with E-state index >= 15 is 0 Å². The number of carbonyl (C=O) groups excluding carboxylic acids is 1. The van der Waals surface area contributed by atoms with Gasteiger partial charge in [-0.05, 0) is 53.3 Å². The lowest BCUT2D eigenvalue weighted by Crippen LogP contribution is -2.14. The molecule has 4 rings (SSSR count). The van der Waals surface area contributed by atoms with E-state index in [0.717, 1.165) is 23.1 Å². The molecule has 0 aromatic heterocycles. The van der Waals surface area contributed by atoms with Crippen molar-refractivity contribution in [3.8, 4) is 11.1 Å². The highest BCUT2D eigenvalue weighted by Crippen LogP contribution is 2.48. The van der Waals surface area contributed by atoms with Crippen molar-refractivity contribution in [1.82, 2.24) is 0 Å². The molecule has 1 aliphatic rings. The average Bonchev–Trinajstić information content (AvgIpc) is 3.51. The molecule has 1 fully saturated rings. The highest BCUT2D eigenvalue weighted by Gasteiger charge is 2.43. The Bertz CT molecular complexity index is 1030. The number of hydrazone groups is 1. The molecule has 2 atom stereocenters. The standard InChI is InChI=1S/C23H20FN3O/c24-22-7-2-1-6-19(22)16-8-10-18(11-9-16)27-23(28)21-13-20(21)17-5-3-4-15(12-17)14-26-25/h1-12,14,20-21H,13,25H2,(H,27,28)/t20-,21-/m1/s1. The van der Waals surface area contributed by atoms with Crippen LogP contribution in [0.2, 0.25) is 0 Å². The average molecular weight is 373 g/mol. The molecule has 28 heavy (non-hydrogen) atoms. The minimum Gasteiger partial charge on any atom is -0.326 e. The van der Waals surface area contributed by atoms with E-state index in [1.54, 1.807) is 36.5 Å². The lowest BCUT2D eigenvalue weighted by Gasteiger charge is -2.08. The maximum absolute atomic E-state index is 13.9. The molecule has 0 saturated heterocycles. The third-order valence-corrected chi connectivity index (χ3v) is 5.03.